The largest absolute Gasteiger partial charge is 0.322 e. The van der Waals surface area contributed by atoms with Crippen LogP contribution in [0.2, 0.25) is 0 Å². The Morgan fingerprint density at radius 3 is 2.50 bits per heavy atom. The summed E-state index contributed by atoms with van der Waals surface area (Å²) in [4.78, 5) is 38.6. The van der Waals surface area contributed by atoms with Gasteiger partial charge in [0.2, 0.25) is 0 Å². The number of benzene rings is 2. The standard InChI is InChI=1S/C23H20N2O3/c1-15-7-5-8-16(13-15)24-22(27)19-14-18-20(11-6-12-21(18)26)25(23(19)28)17-9-3-2-4-10-17/h2-5,7-10,13-14H,6,11-12H2,1H3,(H,24,27). The van der Waals surface area contributed by atoms with E-state index in [1.807, 2.05) is 55.5 Å². The second-order valence-corrected chi connectivity index (χ2v) is 6.99. The second-order valence-electron chi connectivity index (χ2n) is 6.99. The van der Waals surface area contributed by atoms with Gasteiger partial charge in [-0.2, -0.15) is 0 Å². The molecule has 4 rings (SSSR count). The third-order valence-electron chi connectivity index (χ3n) is 4.96. The van der Waals surface area contributed by atoms with Crippen LogP contribution in [0.5, 0.6) is 0 Å². The highest BCUT2D eigenvalue weighted by Crippen LogP contribution is 2.24. The van der Waals surface area contributed by atoms with E-state index in [-0.39, 0.29) is 11.3 Å². The summed E-state index contributed by atoms with van der Waals surface area (Å²) in [5.41, 5.74) is 2.97. The number of aromatic nitrogens is 1. The number of carbonyl (C=O) groups excluding carboxylic acids is 2. The van der Waals surface area contributed by atoms with Crippen molar-refractivity contribution in [3.8, 4) is 5.69 Å². The van der Waals surface area contributed by atoms with Gasteiger partial charge < -0.3 is 5.32 Å². The number of rotatable bonds is 3. The molecule has 0 atom stereocenters. The zero-order valence-electron chi connectivity index (χ0n) is 15.6. The number of hydrogen-bond donors (Lipinski definition) is 1. The highest BCUT2D eigenvalue weighted by atomic mass is 16.2. The zero-order chi connectivity index (χ0) is 19.7. The number of anilines is 1. The Hall–Kier alpha value is -3.47. The predicted octanol–water partition coefficient (Wildman–Crippen LogP) is 3.92. The summed E-state index contributed by atoms with van der Waals surface area (Å²) in [5, 5.41) is 2.78. The smallest absolute Gasteiger partial charge is 0.268 e. The number of hydrogen-bond acceptors (Lipinski definition) is 3. The maximum Gasteiger partial charge on any atom is 0.268 e. The van der Waals surface area contributed by atoms with E-state index < -0.39 is 11.5 Å². The average Bonchev–Trinajstić information content (AvgIpc) is 2.68. The molecular weight excluding hydrogens is 352 g/mol. The topological polar surface area (TPSA) is 68.2 Å². The van der Waals surface area contributed by atoms with E-state index in [9.17, 15) is 14.4 Å². The van der Waals surface area contributed by atoms with Gasteiger partial charge in [-0.3, -0.25) is 19.0 Å². The number of fused-ring (bicyclic) bond motifs is 1. The molecule has 1 aromatic heterocycles. The number of ketones is 1. The minimum Gasteiger partial charge on any atom is -0.322 e. The Balaban J connectivity index is 1.86. The fourth-order valence-corrected chi connectivity index (χ4v) is 3.63. The van der Waals surface area contributed by atoms with Gasteiger partial charge in [-0.25, -0.2) is 0 Å². The number of amides is 1. The molecule has 3 aromatic rings. The SMILES string of the molecule is Cc1cccc(NC(=O)c2cc3c(n(-c4ccccc4)c2=O)CCCC3=O)c1. The van der Waals surface area contributed by atoms with E-state index in [1.54, 1.807) is 6.07 Å². The third kappa shape index (κ3) is 3.27. The maximum absolute atomic E-state index is 13.2. The summed E-state index contributed by atoms with van der Waals surface area (Å²) in [5.74, 6) is -0.544. The monoisotopic (exact) mass is 372 g/mol. The summed E-state index contributed by atoms with van der Waals surface area (Å²) in [6.07, 6.45) is 1.76. The van der Waals surface area contributed by atoms with Gasteiger partial charge in [0, 0.05) is 29.1 Å². The van der Waals surface area contributed by atoms with Gasteiger partial charge in [-0.1, -0.05) is 30.3 Å². The molecule has 1 amide bonds. The Kier molecular flexibility index (Phi) is 4.65. The summed E-state index contributed by atoms with van der Waals surface area (Å²) >= 11 is 0. The first-order valence-corrected chi connectivity index (χ1v) is 9.30. The van der Waals surface area contributed by atoms with Crippen molar-refractivity contribution in [3.05, 3.63) is 93.4 Å². The van der Waals surface area contributed by atoms with Crippen molar-refractivity contribution in [2.45, 2.75) is 26.2 Å². The van der Waals surface area contributed by atoms with E-state index >= 15 is 0 Å². The maximum atomic E-state index is 13.2. The van der Waals surface area contributed by atoms with Crippen molar-refractivity contribution in [2.75, 3.05) is 5.32 Å². The van der Waals surface area contributed by atoms with Crippen LogP contribution in [0.1, 0.15) is 44.8 Å². The number of aryl methyl sites for hydroxylation is 1. The highest BCUT2D eigenvalue weighted by Gasteiger charge is 2.26. The van der Waals surface area contributed by atoms with Crippen molar-refractivity contribution in [2.24, 2.45) is 0 Å². The molecule has 0 saturated heterocycles. The highest BCUT2D eigenvalue weighted by molar-refractivity contribution is 6.06. The van der Waals surface area contributed by atoms with Gasteiger partial charge in [-0.15, -0.1) is 0 Å². The minimum atomic E-state index is -0.513. The predicted molar refractivity (Wildman–Crippen MR) is 108 cm³/mol. The van der Waals surface area contributed by atoms with Crippen LogP contribution < -0.4 is 10.9 Å². The average molecular weight is 372 g/mol. The number of para-hydroxylation sites is 1. The van der Waals surface area contributed by atoms with Crippen LogP contribution in [-0.4, -0.2) is 16.3 Å². The molecular formula is C23H20N2O3. The number of carbonyl (C=O) groups is 2. The van der Waals surface area contributed by atoms with Gasteiger partial charge in [0.1, 0.15) is 5.56 Å². The summed E-state index contributed by atoms with van der Waals surface area (Å²) in [6.45, 7) is 1.93. The van der Waals surface area contributed by atoms with Crippen molar-refractivity contribution in [1.82, 2.24) is 4.57 Å². The molecule has 1 aliphatic carbocycles. The third-order valence-corrected chi connectivity index (χ3v) is 4.96. The van der Waals surface area contributed by atoms with E-state index in [4.69, 9.17) is 0 Å². The van der Waals surface area contributed by atoms with E-state index in [2.05, 4.69) is 5.32 Å². The molecule has 0 radical (unpaired) electrons. The fraction of sp³-hybridized carbons (Fsp3) is 0.174. The molecule has 0 fully saturated rings. The molecule has 28 heavy (non-hydrogen) atoms. The summed E-state index contributed by atoms with van der Waals surface area (Å²) in [6, 6.07) is 18.0. The Labute approximate surface area is 162 Å². The molecule has 0 bridgehead atoms. The van der Waals surface area contributed by atoms with Gasteiger partial charge in [0.15, 0.2) is 5.78 Å². The zero-order valence-corrected chi connectivity index (χ0v) is 15.6. The summed E-state index contributed by atoms with van der Waals surface area (Å²) < 4.78 is 1.51. The van der Waals surface area contributed by atoms with Crippen molar-refractivity contribution in [3.63, 3.8) is 0 Å². The number of nitrogens with one attached hydrogen (secondary N) is 1. The number of pyridine rings is 1. The Bertz CT molecular complexity index is 1130. The lowest BCUT2D eigenvalue weighted by Crippen LogP contribution is -2.33. The molecule has 1 N–H and O–H groups in total. The first-order valence-electron chi connectivity index (χ1n) is 9.30. The van der Waals surface area contributed by atoms with E-state index in [0.717, 1.165) is 5.56 Å². The fourth-order valence-electron chi connectivity index (χ4n) is 3.63. The molecule has 0 saturated carbocycles. The molecule has 5 heteroatoms. The first kappa shape index (κ1) is 17.9. The minimum absolute atomic E-state index is 0.0284. The normalized spacial score (nSPS) is 13.1. The van der Waals surface area contributed by atoms with Crippen molar-refractivity contribution >= 4 is 17.4 Å². The molecule has 0 spiro atoms. The van der Waals surface area contributed by atoms with Crippen LogP contribution in [0.3, 0.4) is 0 Å². The molecule has 0 aliphatic heterocycles. The summed E-state index contributed by atoms with van der Waals surface area (Å²) in [7, 11) is 0. The van der Waals surface area contributed by atoms with E-state index in [0.29, 0.717) is 41.9 Å². The molecule has 1 aliphatic rings. The van der Waals surface area contributed by atoms with Gasteiger partial charge in [0.25, 0.3) is 11.5 Å². The van der Waals surface area contributed by atoms with Gasteiger partial charge in [0.05, 0.1) is 0 Å². The van der Waals surface area contributed by atoms with Gasteiger partial charge >= 0.3 is 0 Å². The van der Waals surface area contributed by atoms with Crippen LogP contribution in [0, 0.1) is 6.92 Å². The lowest BCUT2D eigenvalue weighted by atomic mass is 9.92. The molecule has 1 heterocycles. The van der Waals surface area contributed by atoms with Crippen LogP contribution in [0.15, 0.2) is 65.5 Å². The first-order chi connectivity index (χ1) is 13.5. The quantitative estimate of drug-likeness (QED) is 0.758. The second kappa shape index (κ2) is 7.27. The van der Waals surface area contributed by atoms with Crippen LogP contribution in [0.4, 0.5) is 5.69 Å². The van der Waals surface area contributed by atoms with Crippen LogP contribution in [-0.2, 0) is 6.42 Å². The lowest BCUT2D eigenvalue weighted by Gasteiger charge is -2.21. The van der Waals surface area contributed by atoms with Gasteiger partial charge in [-0.05, 0) is 55.7 Å². The van der Waals surface area contributed by atoms with E-state index in [1.165, 1.54) is 10.6 Å². The van der Waals surface area contributed by atoms with Crippen molar-refractivity contribution in [1.29, 1.82) is 0 Å². The number of nitrogens with zero attached hydrogens (tertiary/aromatic N) is 1. The van der Waals surface area contributed by atoms with Crippen LogP contribution >= 0.6 is 0 Å². The Morgan fingerprint density at radius 2 is 1.75 bits per heavy atom. The van der Waals surface area contributed by atoms with Crippen molar-refractivity contribution < 1.29 is 9.59 Å². The molecule has 5 nitrogen and oxygen atoms in total. The Morgan fingerprint density at radius 1 is 0.964 bits per heavy atom. The lowest BCUT2D eigenvalue weighted by molar-refractivity contribution is 0.0971. The molecule has 2 aromatic carbocycles. The van der Waals surface area contributed by atoms with Crippen LogP contribution in [0.25, 0.3) is 5.69 Å². The number of Topliss-reactive ketones (excluding diaryl/α,β-unsaturated/α-hetero) is 1. The molecule has 0 unspecified atom stereocenters. The molecule has 140 valence electrons.